The molecule has 1 atom stereocenters. The van der Waals surface area contributed by atoms with E-state index in [0.717, 1.165) is 29.0 Å². The monoisotopic (exact) mass is 528 g/mol. The van der Waals surface area contributed by atoms with Crippen LogP contribution in [0.25, 0.3) is 0 Å². The van der Waals surface area contributed by atoms with Gasteiger partial charge in [-0.05, 0) is 47.9 Å². The molecule has 0 aliphatic carbocycles. The molecule has 0 spiro atoms. The molecule has 0 bridgehead atoms. The minimum atomic E-state index is -4.22. The molecule has 1 heterocycles. The number of imide groups is 1. The van der Waals surface area contributed by atoms with Gasteiger partial charge in [0, 0.05) is 18.6 Å². The molecule has 0 saturated carbocycles. The number of non-ortho nitro benzene ring substituents is 1. The van der Waals surface area contributed by atoms with Gasteiger partial charge < -0.3 is 8.92 Å². The number of nitro groups is 1. The van der Waals surface area contributed by atoms with Crippen LogP contribution in [-0.4, -0.2) is 36.3 Å². The van der Waals surface area contributed by atoms with Crippen molar-refractivity contribution in [2.75, 3.05) is 6.61 Å². The van der Waals surface area contributed by atoms with Gasteiger partial charge in [0.1, 0.15) is 16.4 Å². The van der Waals surface area contributed by atoms with Crippen molar-refractivity contribution in [3.63, 3.8) is 0 Å². The Morgan fingerprint density at radius 3 is 2.25 bits per heavy atom. The highest BCUT2D eigenvalue weighted by Crippen LogP contribution is 2.25. The third-order valence-corrected chi connectivity index (χ3v) is 7.44. The lowest BCUT2D eigenvalue weighted by Gasteiger charge is -2.10. The second-order valence-electron chi connectivity index (χ2n) is 7.77. The minimum absolute atomic E-state index is 0.0811. The molecule has 2 amide bonds. The highest BCUT2D eigenvalue weighted by atomic mass is 32.2. The molecule has 1 aliphatic rings. The second kappa shape index (κ2) is 10.8. The molecule has 1 N–H and O–H groups in total. The fourth-order valence-corrected chi connectivity index (χ4v) is 5.22. The van der Waals surface area contributed by atoms with E-state index in [1.54, 1.807) is 24.3 Å². The van der Waals surface area contributed by atoms with Crippen LogP contribution < -0.4 is 14.2 Å². The lowest BCUT2D eigenvalue weighted by molar-refractivity contribution is -0.385. The van der Waals surface area contributed by atoms with E-state index in [4.69, 9.17) is 8.92 Å². The second-order valence-corrected chi connectivity index (χ2v) is 10.5. The number of nitrogens with one attached hydrogen (secondary N) is 1. The van der Waals surface area contributed by atoms with Crippen LogP contribution in [0.1, 0.15) is 11.1 Å². The topological polar surface area (TPSA) is 142 Å². The van der Waals surface area contributed by atoms with E-state index in [1.165, 1.54) is 30.3 Å². The number of benzene rings is 3. The molecule has 3 aromatic rings. The van der Waals surface area contributed by atoms with E-state index in [2.05, 4.69) is 5.32 Å². The van der Waals surface area contributed by atoms with E-state index in [1.807, 2.05) is 12.1 Å². The van der Waals surface area contributed by atoms with Crippen molar-refractivity contribution in [3.05, 3.63) is 94.0 Å². The van der Waals surface area contributed by atoms with Gasteiger partial charge >= 0.3 is 10.1 Å². The molecule has 0 aromatic heterocycles. The van der Waals surface area contributed by atoms with Crippen molar-refractivity contribution in [3.8, 4) is 11.5 Å². The molecule has 10 nitrogen and oxygen atoms in total. The van der Waals surface area contributed by atoms with Crippen LogP contribution in [0.2, 0.25) is 0 Å². The molecule has 186 valence electrons. The van der Waals surface area contributed by atoms with Crippen molar-refractivity contribution in [1.29, 1.82) is 0 Å². The van der Waals surface area contributed by atoms with Crippen LogP contribution in [-0.2, 0) is 27.8 Å². The summed E-state index contributed by atoms with van der Waals surface area (Å²) in [5.41, 5.74) is 1.46. The number of nitrogens with zero attached hydrogens (tertiary/aromatic N) is 1. The molecule has 1 unspecified atom stereocenters. The molecule has 4 rings (SSSR count). The van der Waals surface area contributed by atoms with E-state index in [-0.39, 0.29) is 27.5 Å². The summed E-state index contributed by atoms with van der Waals surface area (Å²) in [5.74, 6) is 0.460. The first kappa shape index (κ1) is 25.2. The van der Waals surface area contributed by atoms with Gasteiger partial charge in [-0.3, -0.25) is 25.0 Å². The Balaban J connectivity index is 1.27. The SMILES string of the molecule is O=C1NC(=O)C(Cc2ccc(OCCc3ccc(OS(=O)(=O)c4cccc([N+](=O)[O-])c4)cc3)cc2)S1. The van der Waals surface area contributed by atoms with Crippen molar-refractivity contribution >= 4 is 38.7 Å². The zero-order valence-electron chi connectivity index (χ0n) is 18.7. The molecule has 1 aliphatic heterocycles. The minimum Gasteiger partial charge on any atom is -0.493 e. The zero-order chi connectivity index (χ0) is 25.7. The van der Waals surface area contributed by atoms with E-state index in [0.29, 0.717) is 25.2 Å². The normalized spacial score (nSPS) is 15.4. The summed E-state index contributed by atoms with van der Waals surface area (Å²) in [6, 6.07) is 18.3. The Kier molecular flexibility index (Phi) is 7.55. The maximum absolute atomic E-state index is 12.4. The van der Waals surface area contributed by atoms with Crippen molar-refractivity contribution in [2.45, 2.75) is 23.0 Å². The van der Waals surface area contributed by atoms with E-state index >= 15 is 0 Å². The number of carbonyl (C=O) groups excluding carboxylic acids is 2. The molecule has 1 saturated heterocycles. The quantitative estimate of drug-likeness (QED) is 0.236. The summed E-state index contributed by atoms with van der Waals surface area (Å²) in [4.78, 5) is 32.9. The standard InChI is InChI=1S/C24H20N2O8S2/c27-23-22(35-24(28)25-23)14-17-6-8-19(9-7-17)33-13-12-16-4-10-20(11-5-16)34-36(31,32)21-3-1-2-18(15-21)26(29)30/h1-11,15,22H,12-14H2,(H,25,27,28). The maximum atomic E-state index is 12.4. The van der Waals surface area contributed by atoms with Crippen LogP contribution >= 0.6 is 11.8 Å². The van der Waals surface area contributed by atoms with E-state index in [9.17, 15) is 28.1 Å². The Bertz CT molecular complexity index is 1390. The van der Waals surface area contributed by atoms with Crippen molar-refractivity contribution in [2.24, 2.45) is 0 Å². The molecular formula is C24H20N2O8S2. The van der Waals surface area contributed by atoms with Gasteiger partial charge in [0.05, 0.1) is 16.8 Å². The number of thioether (sulfide) groups is 1. The van der Waals surface area contributed by atoms with Crippen LogP contribution in [0.3, 0.4) is 0 Å². The first-order valence-electron chi connectivity index (χ1n) is 10.7. The number of carbonyl (C=O) groups is 2. The summed E-state index contributed by atoms with van der Waals surface area (Å²) in [7, 11) is -4.22. The fourth-order valence-electron chi connectivity index (χ4n) is 3.39. The Morgan fingerprint density at radius 2 is 1.61 bits per heavy atom. The number of rotatable bonds is 10. The predicted octanol–water partition coefficient (Wildman–Crippen LogP) is 3.88. The largest absolute Gasteiger partial charge is 0.493 e. The third-order valence-electron chi connectivity index (χ3n) is 5.22. The van der Waals surface area contributed by atoms with Gasteiger partial charge in [-0.1, -0.05) is 42.1 Å². The summed E-state index contributed by atoms with van der Waals surface area (Å²) >= 11 is 0.991. The van der Waals surface area contributed by atoms with Gasteiger partial charge in [0.2, 0.25) is 5.91 Å². The van der Waals surface area contributed by atoms with Gasteiger partial charge in [-0.25, -0.2) is 0 Å². The van der Waals surface area contributed by atoms with Crippen LogP contribution in [0.4, 0.5) is 10.5 Å². The molecule has 12 heteroatoms. The lowest BCUT2D eigenvalue weighted by atomic mass is 10.1. The molecule has 36 heavy (non-hydrogen) atoms. The third kappa shape index (κ3) is 6.40. The zero-order valence-corrected chi connectivity index (χ0v) is 20.3. The highest BCUT2D eigenvalue weighted by molar-refractivity contribution is 8.15. The number of nitro benzene ring substituents is 1. The van der Waals surface area contributed by atoms with Crippen LogP contribution in [0, 0.1) is 10.1 Å². The first-order chi connectivity index (χ1) is 17.2. The van der Waals surface area contributed by atoms with Gasteiger partial charge in [0.25, 0.3) is 10.9 Å². The molecule has 3 aromatic carbocycles. The van der Waals surface area contributed by atoms with E-state index < -0.39 is 20.3 Å². The Morgan fingerprint density at radius 1 is 0.944 bits per heavy atom. The molecular weight excluding hydrogens is 508 g/mol. The number of hydrogen-bond acceptors (Lipinski definition) is 9. The number of amides is 2. The average molecular weight is 529 g/mol. The number of ether oxygens (including phenoxy) is 1. The number of hydrogen-bond donors (Lipinski definition) is 1. The Labute approximate surface area is 210 Å². The summed E-state index contributed by atoms with van der Waals surface area (Å²) in [5, 5.41) is 12.4. The van der Waals surface area contributed by atoms with Crippen molar-refractivity contribution in [1.82, 2.24) is 5.32 Å². The maximum Gasteiger partial charge on any atom is 0.339 e. The van der Waals surface area contributed by atoms with Crippen LogP contribution in [0.15, 0.2) is 77.7 Å². The first-order valence-corrected chi connectivity index (χ1v) is 13.0. The highest BCUT2D eigenvalue weighted by Gasteiger charge is 2.31. The predicted molar refractivity (Wildman–Crippen MR) is 132 cm³/mol. The summed E-state index contributed by atoms with van der Waals surface area (Å²) in [6.45, 7) is 0.376. The molecule has 1 fully saturated rings. The fraction of sp³-hybridized carbons (Fsp3) is 0.167. The Hall–Kier alpha value is -3.90. The summed E-state index contributed by atoms with van der Waals surface area (Å²) < 4.78 is 35.7. The van der Waals surface area contributed by atoms with Crippen LogP contribution in [0.5, 0.6) is 11.5 Å². The molecule has 0 radical (unpaired) electrons. The summed E-state index contributed by atoms with van der Waals surface area (Å²) in [6.07, 6.45) is 1.01. The average Bonchev–Trinajstić information content (AvgIpc) is 3.17. The van der Waals surface area contributed by atoms with Gasteiger partial charge in [0.15, 0.2) is 0 Å². The van der Waals surface area contributed by atoms with Gasteiger partial charge in [-0.15, -0.1) is 0 Å². The lowest BCUT2D eigenvalue weighted by Crippen LogP contribution is -2.25. The van der Waals surface area contributed by atoms with Gasteiger partial charge in [-0.2, -0.15) is 8.42 Å². The smallest absolute Gasteiger partial charge is 0.339 e. The van der Waals surface area contributed by atoms with Crippen molar-refractivity contribution < 1.29 is 31.9 Å².